The third-order valence-electron chi connectivity index (χ3n) is 3.84. The molecule has 21 heavy (non-hydrogen) atoms. The lowest BCUT2D eigenvalue weighted by Gasteiger charge is -2.14. The van der Waals surface area contributed by atoms with Crippen molar-refractivity contribution in [2.24, 2.45) is 11.8 Å². The number of fused-ring (bicyclic) bond motifs is 1. The van der Waals surface area contributed by atoms with Gasteiger partial charge >= 0.3 is 11.1 Å². The molecule has 0 saturated carbocycles. The first-order valence-electron chi connectivity index (χ1n) is 6.82. The molecular weight excluding hydrogens is 272 g/mol. The van der Waals surface area contributed by atoms with Crippen molar-refractivity contribution in [3.05, 3.63) is 38.9 Å². The summed E-state index contributed by atoms with van der Waals surface area (Å²) in [5.41, 5.74) is 0.197. The number of rotatable bonds is 2. The SMILES string of the molecule is CC1CNCC1C(=O)Nc1ccc2[nH]c(=O)c(=O)[nH]c2c1. The molecule has 4 N–H and O–H groups in total. The Bertz CT molecular complexity index is 808. The van der Waals surface area contributed by atoms with E-state index in [9.17, 15) is 14.4 Å². The number of hydrogen-bond donors (Lipinski definition) is 4. The number of hydrogen-bond acceptors (Lipinski definition) is 4. The van der Waals surface area contributed by atoms with E-state index in [1.165, 1.54) is 0 Å². The number of benzene rings is 1. The van der Waals surface area contributed by atoms with Crippen molar-refractivity contribution in [2.45, 2.75) is 6.92 Å². The van der Waals surface area contributed by atoms with Gasteiger partial charge in [0.05, 0.1) is 17.0 Å². The zero-order valence-corrected chi connectivity index (χ0v) is 11.5. The van der Waals surface area contributed by atoms with Crippen molar-refractivity contribution in [1.82, 2.24) is 15.3 Å². The van der Waals surface area contributed by atoms with Gasteiger partial charge in [-0.25, -0.2) is 0 Å². The summed E-state index contributed by atoms with van der Waals surface area (Å²) in [7, 11) is 0. The highest BCUT2D eigenvalue weighted by atomic mass is 16.2. The maximum atomic E-state index is 12.2. The van der Waals surface area contributed by atoms with Gasteiger partial charge in [-0.3, -0.25) is 14.4 Å². The van der Waals surface area contributed by atoms with Crippen LogP contribution in [0.25, 0.3) is 11.0 Å². The molecule has 1 fully saturated rings. The van der Waals surface area contributed by atoms with Crippen molar-refractivity contribution in [3.8, 4) is 0 Å². The Morgan fingerprint density at radius 2 is 1.86 bits per heavy atom. The predicted octanol–water partition coefficient (Wildman–Crippen LogP) is 0.0104. The van der Waals surface area contributed by atoms with E-state index >= 15 is 0 Å². The highest BCUT2D eigenvalue weighted by Crippen LogP contribution is 2.19. The molecule has 1 aliphatic heterocycles. The fourth-order valence-corrected chi connectivity index (χ4v) is 2.59. The van der Waals surface area contributed by atoms with Crippen LogP contribution >= 0.6 is 0 Å². The van der Waals surface area contributed by atoms with E-state index in [1.54, 1.807) is 18.2 Å². The van der Waals surface area contributed by atoms with Crippen LogP contribution in [-0.2, 0) is 4.79 Å². The zero-order chi connectivity index (χ0) is 15.0. The number of nitrogens with one attached hydrogen (secondary N) is 4. The second-order valence-corrected chi connectivity index (χ2v) is 5.40. The summed E-state index contributed by atoms with van der Waals surface area (Å²) >= 11 is 0. The Labute approximate surface area is 119 Å². The van der Waals surface area contributed by atoms with Gasteiger partial charge in [0.2, 0.25) is 5.91 Å². The number of carbonyl (C=O) groups excluding carboxylic acids is 1. The van der Waals surface area contributed by atoms with Gasteiger partial charge in [-0.15, -0.1) is 0 Å². The van der Waals surface area contributed by atoms with Crippen LogP contribution in [0.1, 0.15) is 6.92 Å². The van der Waals surface area contributed by atoms with E-state index in [4.69, 9.17) is 0 Å². The van der Waals surface area contributed by atoms with E-state index < -0.39 is 11.1 Å². The van der Waals surface area contributed by atoms with Crippen molar-refractivity contribution >= 4 is 22.6 Å². The molecule has 2 unspecified atom stereocenters. The lowest BCUT2D eigenvalue weighted by atomic mass is 9.97. The number of carbonyl (C=O) groups is 1. The molecule has 1 saturated heterocycles. The van der Waals surface area contributed by atoms with Crippen LogP contribution in [0.5, 0.6) is 0 Å². The maximum absolute atomic E-state index is 12.2. The molecule has 7 nitrogen and oxygen atoms in total. The minimum atomic E-state index is -0.709. The molecule has 1 aromatic heterocycles. The molecule has 0 radical (unpaired) electrons. The van der Waals surface area contributed by atoms with Crippen molar-refractivity contribution in [2.75, 3.05) is 18.4 Å². The Hall–Kier alpha value is -2.41. The predicted molar refractivity (Wildman–Crippen MR) is 79.3 cm³/mol. The van der Waals surface area contributed by atoms with Gasteiger partial charge in [0.15, 0.2) is 0 Å². The zero-order valence-electron chi connectivity index (χ0n) is 11.5. The van der Waals surface area contributed by atoms with Crippen molar-refractivity contribution < 1.29 is 4.79 Å². The van der Waals surface area contributed by atoms with E-state index in [1.807, 2.05) is 6.92 Å². The van der Waals surface area contributed by atoms with E-state index in [-0.39, 0.29) is 11.8 Å². The Balaban J connectivity index is 1.87. The first-order chi connectivity index (χ1) is 10.0. The quantitative estimate of drug-likeness (QED) is 0.584. The van der Waals surface area contributed by atoms with Gasteiger partial charge in [0.1, 0.15) is 0 Å². The van der Waals surface area contributed by atoms with Crippen LogP contribution in [0.2, 0.25) is 0 Å². The van der Waals surface area contributed by atoms with Crippen molar-refractivity contribution in [1.29, 1.82) is 0 Å². The molecule has 1 aromatic carbocycles. The molecule has 110 valence electrons. The molecular formula is C14H16N4O3. The summed E-state index contributed by atoms with van der Waals surface area (Å²) in [5.74, 6) is 0.190. The molecule has 2 aromatic rings. The van der Waals surface area contributed by atoms with Gasteiger partial charge < -0.3 is 20.6 Å². The fraction of sp³-hybridized carbons (Fsp3) is 0.357. The van der Waals surface area contributed by atoms with Gasteiger partial charge in [0, 0.05) is 12.2 Å². The summed E-state index contributed by atoms with van der Waals surface area (Å²) in [4.78, 5) is 39.7. The number of H-pyrrole nitrogens is 2. The summed E-state index contributed by atoms with van der Waals surface area (Å²) in [5, 5.41) is 6.03. The lowest BCUT2D eigenvalue weighted by Crippen LogP contribution is -2.29. The fourth-order valence-electron chi connectivity index (χ4n) is 2.59. The van der Waals surface area contributed by atoms with Gasteiger partial charge in [0.25, 0.3) is 0 Å². The largest absolute Gasteiger partial charge is 0.326 e. The van der Waals surface area contributed by atoms with Gasteiger partial charge in [-0.1, -0.05) is 6.92 Å². The molecule has 2 heterocycles. The first-order valence-corrected chi connectivity index (χ1v) is 6.82. The van der Waals surface area contributed by atoms with Gasteiger partial charge in [-0.05, 0) is 30.7 Å². The van der Waals surface area contributed by atoms with Crippen LogP contribution in [0.15, 0.2) is 27.8 Å². The first kappa shape index (κ1) is 13.6. The van der Waals surface area contributed by atoms with E-state index in [2.05, 4.69) is 20.6 Å². The van der Waals surface area contributed by atoms with E-state index in [0.29, 0.717) is 29.2 Å². The van der Waals surface area contributed by atoms with Crippen LogP contribution in [0.3, 0.4) is 0 Å². The highest BCUT2D eigenvalue weighted by Gasteiger charge is 2.29. The smallest absolute Gasteiger partial charge is 0.314 e. The summed E-state index contributed by atoms with van der Waals surface area (Å²) in [6, 6.07) is 4.98. The number of aromatic nitrogens is 2. The average molecular weight is 288 g/mol. The van der Waals surface area contributed by atoms with Crippen LogP contribution < -0.4 is 21.8 Å². The van der Waals surface area contributed by atoms with Gasteiger partial charge in [-0.2, -0.15) is 0 Å². The third-order valence-corrected chi connectivity index (χ3v) is 3.84. The molecule has 1 aliphatic rings. The standard InChI is InChI=1S/C14H16N4O3/c1-7-5-15-6-9(7)12(19)16-8-2-3-10-11(4-8)18-14(21)13(20)17-10/h2-4,7,9,15H,5-6H2,1H3,(H,16,19)(H,17,20)(H,18,21). The monoisotopic (exact) mass is 288 g/mol. The molecule has 7 heteroatoms. The van der Waals surface area contributed by atoms with Crippen LogP contribution in [-0.4, -0.2) is 29.0 Å². The summed E-state index contributed by atoms with van der Waals surface area (Å²) in [6.07, 6.45) is 0. The van der Waals surface area contributed by atoms with Crippen LogP contribution in [0.4, 0.5) is 5.69 Å². The van der Waals surface area contributed by atoms with Crippen molar-refractivity contribution in [3.63, 3.8) is 0 Å². The Morgan fingerprint density at radius 3 is 2.52 bits per heavy atom. The summed E-state index contributed by atoms with van der Waals surface area (Å²) < 4.78 is 0. The van der Waals surface area contributed by atoms with Crippen LogP contribution in [0, 0.1) is 11.8 Å². The molecule has 1 amide bonds. The number of amides is 1. The third kappa shape index (κ3) is 2.59. The second kappa shape index (κ2) is 5.17. The normalized spacial score (nSPS) is 21.6. The minimum absolute atomic E-state index is 0.0429. The Morgan fingerprint density at radius 1 is 1.14 bits per heavy atom. The number of aromatic amines is 2. The minimum Gasteiger partial charge on any atom is -0.326 e. The molecule has 0 aliphatic carbocycles. The van der Waals surface area contributed by atoms with E-state index in [0.717, 1.165) is 6.54 Å². The number of anilines is 1. The maximum Gasteiger partial charge on any atom is 0.314 e. The highest BCUT2D eigenvalue weighted by molar-refractivity contribution is 5.94. The topological polar surface area (TPSA) is 107 Å². The molecule has 2 atom stereocenters. The molecule has 0 bridgehead atoms. The molecule has 3 rings (SSSR count). The second-order valence-electron chi connectivity index (χ2n) is 5.40. The average Bonchev–Trinajstić information content (AvgIpc) is 2.87. The summed E-state index contributed by atoms with van der Waals surface area (Å²) in [6.45, 7) is 3.54. The lowest BCUT2D eigenvalue weighted by molar-refractivity contribution is -0.120. The molecule has 0 spiro atoms. The Kier molecular flexibility index (Phi) is 3.34.